The topological polar surface area (TPSA) is 82.3 Å². The molecular weight excluding hydrogens is 637 g/mol. The summed E-state index contributed by atoms with van der Waals surface area (Å²) in [5.41, 5.74) is 3.54. The molecule has 11 rings (SSSR count). The number of hydrogen-bond donors (Lipinski definition) is 4. The number of ether oxygens (including phenoxy) is 2. The predicted molar refractivity (Wildman–Crippen MR) is 197 cm³/mol. The van der Waals surface area contributed by atoms with Crippen molar-refractivity contribution in [2.45, 2.75) is 165 Å². The van der Waals surface area contributed by atoms with Crippen LogP contribution in [-0.2, 0) is 14.3 Å². The monoisotopic (exact) mass is 707 g/mol. The Labute approximate surface area is 308 Å². The molecule has 7 aliphatic heterocycles. The lowest BCUT2D eigenvalue weighted by Crippen LogP contribution is -2.60. The van der Waals surface area contributed by atoms with Crippen LogP contribution in [0.2, 0.25) is 0 Å². The minimum atomic E-state index is 0.193. The second-order valence-electron chi connectivity index (χ2n) is 20.1. The van der Waals surface area contributed by atoms with Gasteiger partial charge in [-0.05, 0) is 151 Å². The molecule has 0 amide bonds. The van der Waals surface area contributed by atoms with Crippen molar-refractivity contribution in [3.8, 4) is 0 Å². The van der Waals surface area contributed by atoms with Crippen molar-refractivity contribution in [1.82, 2.24) is 31.2 Å². The van der Waals surface area contributed by atoms with E-state index >= 15 is 0 Å². The summed E-state index contributed by atoms with van der Waals surface area (Å²) in [6.07, 6.45) is 26.8. The summed E-state index contributed by atoms with van der Waals surface area (Å²) < 4.78 is 13.1. The van der Waals surface area contributed by atoms with Gasteiger partial charge in [-0.15, -0.1) is 0 Å². The summed E-state index contributed by atoms with van der Waals surface area (Å²) in [6.45, 7) is 7.69. The molecule has 0 spiro atoms. The number of hydroxylamine groups is 1. The number of hydrogen-bond acceptors (Lipinski definition) is 9. The van der Waals surface area contributed by atoms with Crippen LogP contribution >= 0.6 is 0 Å². The minimum absolute atomic E-state index is 0.193. The van der Waals surface area contributed by atoms with Gasteiger partial charge in [-0.2, -0.15) is 5.48 Å². The first kappa shape index (κ1) is 33.9. The third-order valence-corrected chi connectivity index (χ3v) is 17.5. The number of fused-ring (bicyclic) bond motifs is 6. The average molecular weight is 707 g/mol. The summed E-state index contributed by atoms with van der Waals surface area (Å²) in [6, 6.07) is 1.59. The Morgan fingerprint density at radius 2 is 0.980 bits per heavy atom. The van der Waals surface area contributed by atoms with E-state index in [0.29, 0.717) is 36.7 Å². The molecule has 7 heterocycles. The molecule has 0 radical (unpaired) electrons. The second-order valence-corrected chi connectivity index (χ2v) is 20.1. The fourth-order valence-corrected chi connectivity index (χ4v) is 14.6. The molecule has 4 N–H and O–H groups in total. The SMILES string of the molecule is C1CCC(C2NOC(C3CC(C4CN(C5CCC6OC7NCCCC7C6C5)C4)CC(C4CN(C5CCC6OC7NCCCC7C6C5)C4)C3)N2)CC1. The molecule has 51 heavy (non-hydrogen) atoms. The number of piperidine rings is 2. The van der Waals surface area contributed by atoms with Crippen molar-refractivity contribution >= 4 is 0 Å². The Morgan fingerprint density at radius 1 is 0.431 bits per heavy atom. The molecule has 0 aromatic rings. The predicted octanol–water partition coefficient (Wildman–Crippen LogP) is 5.03. The number of nitrogens with one attached hydrogen (secondary N) is 4. The summed E-state index contributed by atoms with van der Waals surface area (Å²) in [5.74, 6) is 7.96. The van der Waals surface area contributed by atoms with Crippen molar-refractivity contribution in [3.63, 3.8) is 0 Å². The molecule has 4 saturated carbocycles. The van der Waals surface area contributed by atoms with Crippen LogP contribution in [0, 0.1) is 59.2 Å². The molecule has 9 nitrogen and oxygen atoms in total. The highest BCUT2D eigenvalue weighted by Crippen LogP contribution is 2.51. The Kier molecular flexibility index (Phi) is 9.51. The van der Waals surface area contributed by atoms with Crippen LogP contribution in [-0.4, -0.2) is 98.2 Å². The van der Waals surface area contributed by atoms with Crippen LogP contribution in [0.3, 0.4) is 0 Å². The number of likely N-dealkylation sites (tertiary alicyclic amines) is 2. The lowest BCUT2D eigenvalue weighted by Gasteiger charge is -2.55. The molecule has 9 heteroatoms. The summed E-state index contributed by atoms with van der Waals surface area (Å²) in [4.78, 5) is 12.4. The van der Waals surface area contributed by atoms with Crippen molar-refractivity contribution in [3.05, 3.63) is 0 Å². The first-order valence-corrected chi connectivity index (χ1v) is 22.6. The van der Waals surface area contributed by atoms with E-state index in [1.165, 1.54) is 142 Å². The van der Waals surface area contributed by atoms with Crippen LogP contribution in [0.5, 0.6) is 0 Å². The summed E-state index contributed by atoms with van der Waals surface area (Å²) >= 11 is 0. The van der Waals surface area contributed by atoms with E-state index < -0.39 is 0 Å². The van der Waals surface area contributed by atoms with Crippen LogP contribution in [0.25, 0.3) is 0 Å². The van der Waals surface area contributed by atoms with E-state index in [2.05, 4.69) is 31.2 Å². The first-order valence-electron chi connectivity index (χ1n) is 22.6. The highest BCUT2D eigenvalue weighted by atomic mass is 16.7. The highest BCUT2D eigenvalue weighted by molar-refractivity contribution is 5.04. The molecule has 14 atom stereocenters. The first-order chi connectivity index (χ1) is 25.2. The van der Waals surface area contributed by atoms with Gasteiger partial charge in [0.05, 0.1) is 18.4 Å². The Hall–Kier alpha value is -0.360. The quantitative estimate of drug-likeness (QED) is 0.305. The van der Waals surface area contributed by atoms with Gasteiger partial charge in [-0.25, -0.2) is 0 Å². The Balaban J connectivity index is 0.730. The fraction of sp³-hybridized carbons (Fsp3) is 1.00. The van der Waals surface area contributed by atoms with Gasteiger partial charge in [0, 0.05) is 56.0 Å². The summed E-state index contributed by atoms with van der Waals surface area (Å²) in [5, 5.41) is 11.5. The average Bonchev–Trinajstić information content (AvgIpc) is 3.87. The molecule has 11 fully saturated rings. The zero-order valence-corrected chi connectivity index (χ0v) is 31.5. The van der Waals surface area contributed by atoms with Gasteiger partial charge in [-0.1, -0.05) is 19.3 Å². The molecule has 0 aromatic heterocycles. The van der Waals surface area contributed by atoms with Gasteiger partial charge in [0.25, 0.3) is 0 Å². The van der Waals surface area contributed by atoms with Gasteiger partial charge in [-0.3, -0.25) is 30.6 Å². The van der Waals surface area contributed by atoms with E-state index in [0.717, 1.165) is 78.4 Å². The molecule has 4 aliphatic carbocycles. The zero-order valence-electron chi connectivity index (χ0n) is 31.5. The lowest BCUT2D eigenvalue weighted by atomic mass is 9.63. The molecule has 0 aromatic carbocycles. The molecule has 7 saturated heterocycles. The smallest absolute Gasteiger partial charge is 0.133 e. The highest BCUT2D eigenvalue weighted by Gasteiger charge is 2.53. The van der Waals surface area contributed by atoms with Gasteiger partial charge >= 0.3 is 0 Å². The maximum absolute atomic E-state index is 6.54. The summed E-state index contributed by atoms with van der Waals surface area (Å²) in [7, 11) is 0. The van der Waals surface area contributed by atoms with E-state index in [-0.39, 0.29) is 6.23 Å². The van der Waals surface area contributed by atoms with Crippen molar-refractivity contribution in [2.24, 2.45) is 59.2 Å². The molecule has 11 aliphatic rings. The normalized spacial score (nSPS) is 51.6. The molecule has 286 valence electrons. The van der Waals surface area contributed by atoms with E-state index in [1.807, 2.05) is 0 Å². The van der Waals surface area contributed by atoms with Gasteiger partial charge in [0.1, 0.15) is 18.7 Å². The minimum Gasteiger partial charge on any atom is -0.360 e. The largest absolute Gasteiger partial charge is 0.360 e. The third-order valence-electron chi connectivity index (χ3n) is 17.5. The molecule has 0 bridgehead atoms. The van der Waals surface area contributed by atoms with Gasteiger partial charge < -0.3 is 9.47 Å². The number of nitrogens with zero attached hydrogens (tertiary/aromatic N) is 2. The van der Waals surface area contributed by atoms with Gasteiger partial charge in [0.15, 0.2) is 0 Å². The van der Waals surface area contributed by atoms with Crippen molar-refractivity contribution in [1.29, 1.82) is 0 Å². The second kappa shape index (κ2) is 14.3. The van der Waals surface area contributed by atoms with Gasteiger partial charge in [0.2, 0.25) is 0 Å². The maximum atomic E-state index is 6.54. The Bertz CT molecular complexity index is 1140. The fourth-order valence-electron chi connectivity index (χ4n) is 14.6. The van der Waals surface area contributed by atoms with E-state index in [1.54, 1.807) is 0 Å². The van der Waals surface area contributed by atoms with Crippen molar-refractivity contribution < 1.29 is 14.3 Å². The Morgan fingerprint density at radius 3 is 1.55 bits per heavy atom. The lowest BCUT2D eigenvalue weighted by molar-refractivity contribution is -0.0893. The molecule has 14 unspecified atom stereocenters. The van der Waals surface area contributed by atoms with Crippen LogP contribution in [0.4, 0.5) is 0 Å². The molecular formula is C42H70N6O3. The van der Waals surface area contributed by atoms with E-state index in [9.17, 15) is 0 Å². The van der Waals surface area contributed by atoms with E-state index in [4.69, 9.17) is 14.3 Å². The number of rotatable bonds is 6. The van der Waals surface area contributed by atoms with Crippen molar-refractivity contribution in [2.75, 3.05) is 39.3 Å². The maximum Gasteiger partial charge on any atom is 0.133 e. The third kappa shape index (κ3) is 6.40. The standard InChI is InChI=1S/C42H70N6O3/c1-2-6-25(7-3-1)39-45-40(51-46-39)28-17-26(29-21-47(22-29)31-10-12-37-35(19-31)33-8-4-14-43-41(33)49-37)16-27(18-28)30-23-48(24-30)32-11-13-38-36(20-32)34-9-5-15-44-42(34)50-38/h25-46H,1-24H2. The van der Waals surface area contributed by atoms with Crippen LogP contribution in [0.1, 0.15) is 116 Å². The van der Waals surface area contributed by atoms with Crippen LogP contribution < -0.4 is 21.4 Å². The van der Waals surface area contributed by atoms with Crippen LogP contribution in [0.15, 0.2) is 0 Å². The zero-order chi connectivity index (χ0) is 33.5.